The second-order valence-corrected chi connectivity index (χ2v) is 6.27. The van der Waals surface area contributed by atoms with Crippen LogP contribution >= 0.6 is 11.3 Å². The Morgan fingerprint density at radius 1 is 1.27 bits per heavy atom. The molecule has 0 aliphatic heterocycles. The van der Waals surface area contributed by atoms with E-state index in [2.05, 4.69) is 10.3 Å². The molecule has 3 nitrogen and oxygen atoms in total. The number of nitrogens with one attached hydrogen (secondary N) is 1. The van der Waals surface area contributed by atoms with Crippen molar-refractivity contribution in [2.75, 3.05) is 0 Å². The molecule has 112 valence electrons. The molecule has 0 saturated heterocycles. The van der Waals surface area contributed by atoms with Gasteiger partial charge in [0.25, 0.3) is 5.91 Å². The van der Waals surface area contributed by atoms with Gasteiger partial charge in [-0.1, -0.05) is 6.07 Å². The van der Waals surface area contributed by atoms with Gasteiger partial charge in [0.2, 0.25) is 0 Å². The van der Waals surface area contributed by atoms with Crippen molar-refractivity contribution < 1.29 is 9.18 Å². The number of carbonyl (C=O) groups is 1. The van der Waals surface area contributed by atoms with Crippen LogP contribution in [-0.4, -0.2) is 16.9 Å². The van der Waals surface area contributed by atoms with Crippen molar-refractivity contribution in [2.24, 2.45) is 0 Å². The highest BCUT2D eigenvalue weighted by molar-refractivity contribution is 7.13. The summed E-state index contributed by atoms with van der Waals surface area (Å²) in [6, 6.07) is 9.94. The van der Waals surface area contributed by atoms with Crippen LogP contribution in [0.1, 0.15) is 24.2 Å². The number of nitrogens with zero attached hydrogens (tertiary/aromatic N) is 1. The van der Waals surface area contributed by atoms with E-state index in [9.17, 15) is 9.18 Å². The van der Waals surface area contributed by atoms with Gasteiger partial charge in [-0.15, -0.1) is 11.3 Å². The minimum Gasteiger partial charge on any atom is -0.350 e. The quantitative estimate of drug-likeness (QED) is 0.785. The fourth-order valence-corrected chi connectivity index (χ4v) is 2.96. The molecule has 0 saturated carbocycles. The number of thiophene rings is 1. The molecule has 0 radical (unpaired) electrons. The molecule has 2 heterocycles. The average Bonchev–Trinajstić information content (AvgIpc) is 2.99. The predicted molar refractivity (Wildman–Crippen MR) is 87.6 cm³/mol. The van der Waals surface area contributed by atoms with Gasteiger partial charge in [0.05, 0.1) is 21.7 Å². The molecular weight excluding hydrogens is 299 g/mol. The van der Waals surface area contributed by atoms with Crippen LogP contribution in [0.2, 0.25) is 0 Å². The maximum atomic E-state index is 13.6. The first-order valence-corrected chi connectivity index (χ1v) is 7.87. The van der Waals surface area contributed by atoms with Gasteiger partial charge in [0, 0.05) is 11.4 Å². The van der Waals surface area contributed by atoms with Crippen LogP contribution in [0.25, 0.3) is 21.5 Å². The van der Waals surface area contributed by atoms with Crippen LogP contribution in [0.4, 0.5) is 4.39 Å². The summed E-state index contributed by atoms with van der Waals surface area (Å²) in [5.74, 6) is -0.595. The first kappa shape index (κ1) is 14.7. The van der Waals surface area contributed by atoms with E-state index in [1.807, 2.05) is 31.4 Å². The van der Waals surface area contributed by atoms with Crippen molar-refractivity contribution in [1.29, 1.82) is 0 Å². The predicted octanol–water partition coefficient (Wildman–Crippen LogP) is 4.24. The lowest BCUT2D eigenvalue weighted by Gasteiger charge is -2.12. The van der Waals surface area contributed by atoms with Gasteiger partial charge in [-0.05, 0) is 49.6 Å². The molecule has 0 spiro atoms. The van der Waals surface area contributed by atoms with E-state index in [4.69, 9.17) is 0 Å². The van der Waals surface area contributed by atoms with Gasteiger partial charge >= 0.3 is 0 Å². The summed E-state index contributed by atoms with van der Waals surface area (Å²) in [6.45, 7) is 3.78. The van der Waals surface area contributed by atoms with Crippen LogP contribution in [0, 0.1) is 5.82 Å². The smallest absolute Gasteiger partial charge is 0.252 e. The summed E-state index contributed by atoms with van der Waals surface area (Å²) in [7, 11) is 0. The molecule has 0 unspecified atom stereocenters. The van der Waals surface area contributed by atoms with Gasteiger partial charge in [-0.2, -0.15) is 0 Å². The molecule has 0 aliphatic carbocycles. The van der Waals surface area contributed by atoms with E-state index in [0.29, 0.717) is 16.5 Å². The molecule has 22 heavy (non-hydrogen) atoms. The molecule has 0 bridgehead atoms. The topological polar surface area (TPSA) is 42.0 Å². The number of pyridine rings is 1. The Morgan fingerprint density at radius 3 is 2.77 bits per heavy atom. The molecule has 3 rings (SSSR count). The Hall–Kier alpha value is -2.27. The first-order valence-electron chi connectivity index (χ1n) is 6.99. The summed E-state index contributed by atoms with van der Waals surface area (Å²) in [5, 5.41) is 5.34. The average molecular weight is 314 g/mol. The molecule has 1 aromatic carbocycles. The number of hydrogen-bond donors (Lipinski definition) is 1. The number of aromatic nitrogens is 1. The Labute approximate surface area is 131 Å². The highest BCUT2D eigenvalue weighted by atomic mass is 32.1. The van der Waals surface area contributed by atoms with Crippen LogP contribution in [-0.2, 0) is 0 Å². The molecule has 1 amide bonds. The highest BCUT2D eigenvalue weighted by Gasteiger charge is 2.15. The van der Waals surface area contributed by atoms with Crippen LogP contribution < -0.4 is 5.32 Å². The van der Waals surface area contributed by atoms with E-state index in [1.165, 1.54) is 12.1 Å². The first-order chi connectivity index (χ1) is 10.5. The van der Waals surface area contributed by atoms with E-state index >= 15 is 0 Å². The van der Waals surface area contributed by atoms with Gasteiger partial charge < -0.3 is 5.32 Å². The van der Waals surface area contributed by atoms with Crippen LogP contribution in [0.15, 0.2) is 41.8 Å². The highest BCUT2D eigenvalue weighted by Crippen LogP contribution is 2.28. The molecule has 1 N–H and O–H groups in total. The van der Waals surface area contributed by atoms with E-state index in [-0.39, 0.29) is 17.8 Å². The number of benzene rings is 1. The van der Waals surface area contributed by atoms with Crippen molar-refractivity contribution in [1.82, 2.24) is 10.3 Å². The molecule has 2 aromatic heterocycles. The zero-order chi connectivity index (χ0) is 15.7. The Balaban J connectivity index is 2.21. The second-order valence-electron chi connectivity index (χ2n) is 5.32. The maximum Gasteiger partial charge on any atom is 0.252 e. The second kappa shape index (κ2) is 5.85. The van der Waals surface area contributed by atoms with E-state index in [0.717, 1.165) is 10.6 Å². The van der Waals surface area contributed by atoms with E-state index in [1.54, 1.807) is 23.5 Å². The monoisotopic (exact) mass is 314 g/mol. The fraction of sp³-hybridized carbons (Fsp3) is 0.176. The Bertz CT molecular complexity index is 828. The molecular formula is C17H15FN2OS. The molecule has 0 aliphatic rings. The van der Waals surface area contributed by atoms with Crippen molar-refractivity contribution >= 4 is 28.1 Å². The third-order valence-corrected chi connectivity index (χ3v) is 4.10. The number of carbonyl (C=O) groups excluding carboxylic acids is 1. The summed E-state index contributed by atoms with van der Waals surface area (Å²) in [6.07, 6.45) is 0. The van der Waals surface area contributed by atoms with Crippen molar-refractivity contribution in [3.8, 4) is 10.6 Å². The molecule has 0 fully saturated rings. The van der Waals surface area contributed by atoms with Gasteiger partial charge in [0.1, 0.15) is 5.82 Å². The number of fused-ring (bicyclic) bond motifs is 1. The van der Waals surface area contributed by atoms with Crippen LogP contribution in [0.3, 0.4) is 0 Å². The lowest BCUT2D eigenvalue weighted by molar-refractivity contribution is 0.0945. The minimum absolute atomic E-state index is 0.00876. The summed E-state index contributed by atoms with van der Waals surface area (Å²) >= 11 is 1.55. The largest absolute Gasteiger partial charge is 0.350 e. The maximum absolute atomic E-state index is 13.6. The number of halogens is 1. The lowest BCUT2D eigenvalue weighted by atomic mass is 10.1. The number of hydrogen-bond acceptors (Lipinski definition) is 3. The Morgan fingerprint density at radius 2 is 2.09 bits per heavy atom. The third-order valence-electron chi connectivity index (χ3n) is 3.21. The van der Waals surface area contributed by atoms with Gasteiger partial charge in [0.15, 0.2) is 0 Å². The van der Waals surface area contributed by atoms with Crippen molar-refractivity contribution in [2.45, 2.75) is 19.9 Å². The third kappa shape index (κ3) is 2.85. The van der Waals surface area contributed by atoms with Gasteiger partial charge in [-0.25, -0.2) is 9.37 Å². The van der Waals surface area contributed by atoms with Gasteiger partial charge in [-0.3, -0.25) is 4.79 Å². The normalized spacial score (nSPS) is 11.1. The number of rotatable bonds is 3. The summed E-state index contributed by atoms with van der Waals surface area (Å²) in [5.41, 5.74) is 1.78. The minimum atomic E-state index is -0.378. The zero-order valence-corrected chi connectivity index (χ0v) is 13.1. The van der Waals surface area contributed by atoms with E-state index < -0.39 is 0 Å². The standard InChI is InChI=1S/C17H15FN2OS/c1-10(2)19-17(21)13-9-15(16-4-3-7-22-16)20-14-6-5-11(18)8-12(13)14/h3-10H,1-2H3,(H,19,21). The van der Waals surface area contributed by atoms with Crippen molar-refractivity contribution in [3.05, 3.63) is 53.2 Å². The molecule has 3 aromatic rings. The number of amides is 1. The Kier molecular flexibility index (Phi) is 3.90. The zero-order valence-electron chi connectivity index (χ0n) is 12.3. The molecule has 0 atom stereocenters. The van der Waals surface area contributed by atoms with Crippen molar-refractivity contribution in [3.63, 3.8) is 0 Å². The lowest BCUT2D eigenvalue weighted by Crippen LogP contribution is -2.30. The summed E-state index contributed by atoms with van der Waals surface area (Å²) in [4.78, 5) is 18.0. The fourth-order valence-electron chi connectivity index (χ4n) is 2.28. The molecule has 5 heteroatoms. The summed E-state index contributed by atoms with van der Waals surface area (Å²) < 4.78 is 13.6. The van der Waals surface area contributed by atoms with Crippen LogP contribution in [0.5, 0.6) is 0 Å². The SMILES string of the molecule is CC(C)NC(=O)c1cc(-c2cccs2)nc2ccc(F)cc12.